The van der Waals surface area contributed by atoms with Crippen LogP contribution in [0.15, 0.2) is 12.1 Å². The van der Waals surface area contributed by atoms with Gasteiger partial charge in [0.2, 0.25) is 0 Å². The molecule has 1 unspecified atom stereocenters. The zero-order chi connectivity index (χ0) is 10.8. The Morgan fingerprint density at radius 3 is 2.87 bits per heavy atom. The van der Waals surface area contributed by atoms with Crippen LogP contribution < -0.4 is 10.1 Å². The molecule has 2 rings (SSSR count). The van der Waals surface area contributed by atoms with Crippen LogP contribution in [0.5, 0.6) is 5.75 Å². The second-order valence-corrected chi connectivity index (χ2v) is 4.00. The van der Waals surface area contributed by atoms with Crippen LogP contribution >= 0.6 is 0 Å². The summed E-state index contributed by atoms with van der Waals surface area (Å²) in [5.74, 6) is 0.0953. The topological polar surface area (TPSA) is 21.3 Å². The maximum absolute atomic E-state index is 13.5. The minimum atomic E-state index is -0.251. The van der Waals surface area contributed by atoms with E-state index in [-0.39, 0.29) is 5.82 Å². The van der Waals surface area contributed by atoms with Crippen molar-refractivity contribution >= 4 is 0 Å². The fourth-order valence-corrected chi connectivity index (χ4v) is 2.08. The van der Waals surface area contributed by atoms with Gasteiger partial charge >= 0.3 is 0 Å². The molecule has 0 aliphatic carbocycles. The summed E-state index contributed by atoms with van der Waals surface area (Å²) in [5.41, 5.74) is 1.78. The molecule has 0 bridgehead atoms. The van der Waals surface area contributed by atoms with Crippen molar-refractivity contribution in [2.24, 2.45) is 0 Å². The number of rotatable bonds is 2. The van der Waals surface area contributed by atoms with E-state index < -0.39 is 0 Å². The van der Waals surface area contributed by atoms with Crippen LogP contribution in [0.1, 0.15) is 30.0 Å². The summed E-state index contributed by atoms with van der Waals surface area (Å²) in [6.45, 7) is 2.82. The summed E-state index contributed by atoms with van der Waals surface area (Å²) >= 11 is 0. The molecule has 0 amide bonds. The van der Waals surface area contributed by atoms with Gasteiger partial charge in [0, 0.05) is 6.04 Å². The maximum atomic E-state index is 13.5. The number of halogens is 1. The highest BCUT2D eigenvalue weighted by molar-refractivity contribution is 5.37. The molecule has 1 saturated heterocycles. The largest absolute Gasteiger partial charge is 0.494 e. The molecule has 0 spiro atoms. The third kappa shape index (κ3) is 1.97. The third-order valence-corrected chi connectivity index (χ3v) is 2.93. The van der Waals surface area contributed by atoms with Crippen LogP contribution in [0.25, 0.3) is 0 Å². The molecule has 1 atom stereocenters. The summed E-state index contributed by atoms with van der Waals surface area (Å²) in [6.07, 6.45) is 2.30. The second-order valence-electron chi connectivity index (χ2n) is 4.00. The number of benzene rings is 1. The third-order valence-electron chi connectivity index (χ3n) is 2.93. The minimum absolute atomic E-state index is 0.251. The number of aryl methyl sites for hydroxylation is 1. The van der Waals surface area contributed by atoms with Crippen LogP contribution in [0.3, 0.4) is 0 Å². The molecule has 1 aliphatic heterocycles. The van der Waals surface area contributed by atoms with E-state index in [4.69, 9.17) is 4.74 Å². The first kappa shape index (κ1) is 10.4. The smallest absolute Gasteiger partial charge is 0.167 e. The van der Waals surface area contributed by atoms with Gasteiger partial charge in [-0.05, 0) is 43.5 Å². The van der Waals surface area contributed by atoms with Gasteiger partial charge in [0.15, 0.2) is 11.6 Å². The molecule has 0 radical (unpaired) electrons. The lowest BCUT2D eigenvalue weighted by molar-refractivity contribution is 0.383. The van der Waals surface area contributed by atoms with Gasteiger partial charge in [0.25, 0.3) is 0 Å². The number of nitrogens with one attached hydrogen (secondary N) is 1. The Kier molecular flexibility index (Phi) is 2.91. The molecule has 1 aliphatic rings. The quantitative estimate of drug-likeness (QED) is 0.808. The van der Waals surface area contributed by atoms with Crippen molar-refractivity contribution in [3.05, 3.63) is 29.1 Å². The highest BCUT2D eigenvalue weighted by Gasteiger charge is 2.18. The van der Waals surface area contributed by atoms with E-state index in [1.54, 1.807) is 13.0 Å². The molecule has 1 N–H and O–H groups in total. The van der Waals surface area contributed by atoms with Gasteiger partial charge < -0.3 is 10.1 Å². The number of methoxy groups -OCH3 is 1. The van der Waals surface area contributed by atoms with Crippen molar-refractivity contribution < 1.29 is 9.13 Å². The van der Waals surface area contributed by atoms with Crippen LogP contribution in [0.4, 0.5) is 4.39 Å². The molecule has 1 heterocycles. The molecular formula is C12H16FNO. The van der Waals surface area contributed by atoms with Crippen LogP contribution in [-0.4, -0.2) is 13.7 Å². The van der Waals surface area contributed by atoms with Crippen molar-refractivity contribution in [2.45, 2.75) is 25.8 Å². The summed E-state index contributed by atoms with van der Waals surface area (Å²) in [5, 5.41) is 3.39. The second kappa shape index (κ2) is 4.19. The van der Waals surface area contributed by atoms with E-state index in [2.05, 4.69) is 5.32 Å². The molecule has 1 aromatic carbocycles. The lowest BCUT2D eigenvalue weighted by Crippen LogP contribution is -2.13. The molecule has 3 heteroatoms. The van der Waals surface area contributed by atoms with Gasteiger partial charge in [-0.2, -0.15) is 0 Å². The Balaban J connectivity index is 2.35. The van der Waals surface area contributed by atoms with Crippen molar-refractivity contribution in [3.8, 4) is 5.75 Å². The van der Waals surface area contributed by atoms with Gasteiger partial charge in [-0.25, -0.2) is 4.39 Å². The Bertz CT molecular complexity index is 359. The maximum Gasteiger partial charge on any atom is 0.167 e. The first-order valence-corrected chi connectivity index (χ1v) is 5.30. The fraction of sp³-hybridized carbons (Fsp3) is 0.500. The standard InChI is InChI=1S/C12H16FNO/c1-8-6-9(10-4-3-5-14-10)7-11(15-2)12(8)13/h6-7,10,14H,3-5H2,1-2H3. The van der Waals surface area contributed by atoms with Crippen LogP contribution in [-0.2, 0) is 0 Å². The Morgan fingerprint density at radius 2 is 2.27 bits per heavy atom. The van der Waals surface area contributed by atoms with E-state index in [0.717, 1.165) is 18.5 Å². The number of hydrogen-bond donors (Lipinski definition) is 1. The molecule has 1 aromatic rings. The molecule has 82 valence electrons. The van der Waals surface area contributed by atoms with Crippen molar-refractivity contribution in [1.82, 2.24) is 5.32 Å². The Morgan fingerprint density at radius 1 is 1.47 bits per heavy atom. The molecule has 0 aromatic heterocycles. The van der Waals surface area contributed by atoms with Crippen molar-refractivity contribution in [2.75, 3.05) is 13.7 Å². The Labute approximate surface area is 89.4 Å². The lowest BCUT2D eigenvalue weighted by atomic mass is 10.0. The molecule has 15 heavy (non-hydrogen) atoms. The van der Waals surface area contributed by atoms with Crippen molar-refractivity contribution in [1.29, 1.82) is 0 Å². The SMILES string of the molecule is COc1cc(C2CCCN2)cc(C)c1F. The molecule has 0 saturated carbocycles. The minimum Gasteiger partial charge on any atom is -0.494 e. The highest BCUT2D eigenvalue weighted by Crippen LogP contribution is 2.29. The fourth-order valence-electron chi connectivity index (χ4n) is 2.08. The van der Waals surface area contributed by atoms with Gasteiger partial charge in [0.05, 0.1) is 7.11 Å². The van der Waals surface area contributed by atoms with E-state index >= 15 is 0 Å². The zero-order valence-electron chi connectivity index (χ0n) is 9.14. The van der Waals surface area contributed by atoms with Gasteiger partial charge in [-0.3, -0.25) is 0 Å². The molecule has 2 nitrogen and oxygen atoms in total. The Hall–Kier alpha value is -1.09. The lowest BCUT2D eigenvalue weighted by Gasteiger charge is -2.14. The van der Waals surface area contributed by atoms with Crippen LogP contribution in [0, 0.1) is 12.7 Å². The summed E-state index contributed by atoms with van der Waals surface area (Å²) in [7, 11) is 1.50. The van der Waals surface area contributed by atoms with Gasteiger partial charge in [-0.1, -0.05) is 6.07 Å². The first-order chi connectivity index (χ1) is 7.22. The van der Waals surface area contributed by atoms with Crippen LogP contribution in [0.2, 0.25) is 0 Å². The van der Waals surface area contributed by atoms with E-state index in [1.165, 1.54) is 13.5 Å². The first-order valence-electron chi connectivity index (χ1n) is 5.30. The van der Waals surface area contributed by atoms with Gasteiger partial charge in [-0.15, -0.1) is 0 Å². The average Bonchev–Trinajstić information content (AvgIpc) is 2.75. The molecule has 1 fully saturated rings. The van der Waals surface area contributed by atoms with Crippen molar-refractivity contribution in [3.63, 3.8) is 0 Å². The van der Waals surface area contributed by atoms with Gasteiger partial charge in [0.1, 0.15) is 0 Å². The zero-order valence-corrected chi connectivity index (χ0v) is 9.14. The number of ether oxygens (including phenoxy) is 1. The van der Waals surface area contributed by atoms with E-state index in [0.29, 0.717) is 17.4 Å². The van der Waals surface area contributed by atoms with E-state index in [1.807, 2.05) is 6.07 Å². The predicted octanol–water partition coefficient (Wildman–Crippen LogP) is 2.57. The van der Waals surface area contributed by atoms with E-state index in [9.17, 15) is 4.39 Å². The number of hydrogen-bond acceptors (Lipinski definition) is 2. The highest BCUT2D eigenvalue weighted by atomic mass is 19.1. The monoisotopic (exact) mass is 209 g/mol. The molecular weight excluding hydrogens is 193 g/mol. The normalized spacial score (nSPS) is 20.6. The summed E-state index contributed by atoms with van der Waals surface area (Å²) < 4.78 is 18.5. The predicted molar refractivity (Wildman–Crippen MR) is 57.7 cm³/mol. The summed E-state index contributed by atoms with van der Waals surface area (Å²) in [6, 6.07) is 4.06. The average molecular weight is 209 g/mol. The summed E-state index contributed by atoms with van der Waals surface area (Å²) in [4.78, 5) is 0.